The van der Waals surface area contributed by atoms with E-state index in [1.807, 2.05) is 34.8 Å². The van der Waals surface area contributed by atoms with Crippen LogP contribution in [0.5, 0.6) is 0 Å². The largest absolute Gasteiger partial charge is 0.333 e. The Balaban J connectivity index is 1.55. The third-order valence-electron chi connectivity index (χ3n) is 4.80. The summed E-state index contributed by atoms with van der Waals surface area (Å²) >= 11 is 1.52. The zero-order valence-electron chi connectivity index (χ0n) is 13.2. The topological polar surface area (TPSA) is 41.4 Å². The van der Waals surface area contributed by atoms with Crippen LogP contribution < -0.4 is 0 Å². The van der Waals surface area contributed by atoms with Gasteiger partial charge in [0.1, 0.15) is 5.82 Å². The minimum absolute atomic E-state index is 0.142. The van der Waals surface area contributed by atoms with Crippen molar-refractivity contribution in [1.29, 1.82) is 0 Å². The van der Waals surface area contributed by atoms with Crippen molar-refractivity contribution in [3.8, 4) is 0 Å². The van der Waals surface area contributed by atoms with Crippen LogP contribution in [0.25, 0.3) is 0 Å². The van der Waals surface area contributed by atoms with E-state index in [1.165, 1.54) is 37.3 Å². The van der Waals surface area contributed by atoms with Gasteiger partial charge in [-0.1, -0.05) is 6.07 Å². The minimum Gasteiger partial charge on any atom is -0.333 e. The molecule has 4 rings (SSSR count). The lowest BCUT2D eigenvalue weighted by Crippen LogP contribution is -2.38. The van der Waals surface area contributed by atoms with Crippen molar-refractivity contribution < 1.29 is 4.79 Å². The highest BCUT2D eigenvalue weighted by Crippen LogP contribution is 2.21. The normalized spacial score (nSPS) is 22.1. The first-order valence-corrected chi connectivity index (χ1v) is 9.23. The van der Waals surface area contributed by atoms with Crippen molar-refractivity contribution in [2.45, 2.75) is 25.9 Å². The summed E-state index contributed by atoms with van der Waals surface area (Å²) in [5.41, 5.74) is 0. The molecular weight excluding hydrogens is 308 g/mol. The monoisotopic (exact) mass is 330 g/mol. The Labute approximate surface area is 140 Å². The molecule has 2 aliphatic heterocycles. The van der Waals surface area contributed by atoms with Crippen LogP contribution in [0.4, 0.5) is 0 Å². The fraction of sp³-hybridized carbons (Fsp3) is 0.529. The number of nitrogens with zero attached hydrogens (tertiary/aromatic N) is 4. The summed E-state index contributed by atoms with van der Waals surface area (Å²) in [6.07, 6.45) is 6.51. The maximum absolute atomic E-state index is 12.8. The van der Waals surface area contributed by atoms with E-state index in [2.05, 4.69) is 14.5 Å². The third-order valence-corrected chi connectivity index (χ3v) is 5.66. The lowest BCUT2D eigenvalue weighted by molar-refractivity contribution is 0.0712. The van der Waals surface area contributed by atoms with Crippen molar-refractivity contribution >= 4 is 17.2 Å². The van der Waals surface area contributed by atoms with E-state index in [-0.39, 0.29) is 5.91 Å². The molecule has 0 aromatic carbocycles. The first-order chi connectivity index (χ1) is 11.3. The average Bonchev–Trinajstić information content (AvgIpc) is 3.28. The Morgan fingerprint density at radius 1 is 1.30 bits per heavy atom. The molecule has 0 bridgehead atoms. The van der Waals surface area contributed by atoms with E-state index in [9.17, 15) is 4.79 Å². The number of likely N-dealkylation sites (tertiary alicyclic amines) is 1. The Kier molecular flexibility index (Phi) is 4.18. The predicted octanol–water partition coefficient (Wildman–Crippen LogP) is 2.31. The van der Waals surface area contributed by atoms with Gasteiger partial charge in [-0.15, -0.1) is 11.3 Å². The van der Waals surface area contributed by atoms with Crippen LogP contribution in [0.2, 0.25) is 0 Å². The second-order valence-corrected chi connectivity index (χ2v) is 7.48. The van der Waals surface area contributed by atoms with Crippen molar-refractivity contribution in [3.05, 3.63) is 40.6 Å². The predicted molar refractivity (Wildman–Crippen MR) is 90.5 cm³/mol. The summed E-state index contributed by atoms with van der Waals surface area (Å²) in [6.45, 7) is 5.86. The van der Waals surface area contributed by atoms with E-state index < -0.39 is 0 Å². The smallest absolute Gasteiger partial charge is 0.264 e. The molecule has 0 radical (unpaired) electrons. The average molecular weight is 330 g/mol. The van der Waals surface area contributed by atoms with Gasteiger partial charge in [0.2, 0.25) is 0 Å². The highest BCUT2D eigenvalue weighted by Gasteiger charge is 2.28. The minimum atomic E-state index is 0.142. The van der Waals surface area contributed by atoms with E-state index in [0.29, 0.717) is 12.5 Å². The molecule has 0 aliphatic carbocycles. The number of aromatic nitrogens is 2. The molecule has 0 unspecified atom stereocenters. The number of thiophene rings is 1. The molecule has 1 atom stereocenters. The van der Waals surface area contributed by atoms with E-state index in [4.69, 9.17) is 0 Å². The second kappa shape index (κ2) is 6.45. The van der Waals surface area contributed by atoms with Gasteiger partial charge in [-0.2, -0.15) is 0 Å². The lowest BCUT2D eigenvalue weighted by atomic mass is 10.1. The number of rotatable bonds is 3. The molecule has 2 aliphatic rings. The Morgan fingerprint density at radius 3 is 2.96 bits per heavy atom. The van der Waals surface area contributed by atoms with Crippen molar-refractivity contribution in [2.75, 3.05) is 26.2 Å². The zero-order chi connectivity index (χ0) is 15.6. The third kappa shape index (κ3) is 3.19. The number of imidazole rings is 1. The van der Waals surface area contributed by atoms with Gasteiger partial charge in [0.25, 0.3) is 5.91 Å². The molecule has 4 heterocycles. The van der Waals surface area contributed by atoms with Crippen molar-refractivity contribution in [1.82, 2.24) is 19.4 Å². The Hall–Kier alpha value is -1.66. The van der Waals surface area contributed by atoms with Crippen LogP contribution >= 0.6 is 11.3 Å². The highest BCUT2D eigenvalue weighted by molar-refractivity contribution is 7.12. The first-order valence-electron chi connectivity index (χ1n) is 8.35. The standard InChI is InChI=1S/C17H22N4OS/c22-17(15-4-3-9-23-15)21-12-14(10-19-6-1-2-7-19)11-20-8-5-18-16(20)13-21/h3-5,8-9,14H,1-2,6-7,10-13H2/t14-/m1/s1. The Morgan fingerprint density at radius 2 is 2.17 bits per heavy atom. The van der Waals surface area contributed by atoms with Gasteiger partial charge in [0.15, 0.2) is 0 Å². The quantitative estimate of drug-likeness (QED) is 0.867. The van der Waals surface area contributed by atoms with Gasteiger partial charge in [-0.25, -0.2) is 4.98 Å². The SMILES string of the molecule is O=C(c1cccs1)N1Cc2nccn2C[C@@H](CN2CCCC2)C1. The van der Waals surface area contributed by atoms with E-state index in [0.717, 1.165) is 30.3 Å². The van der Waals surface area contributed by atoms with Gasteiger partial charge < -0.3 is 14.4 Å². The fourth-order valence-corrected chi connectivity index (χ4v) is 4.39. The van der Waals surface area contributed by atoms with Crippen LogP contribution in [0.3, 0.4) is 0 Å². The maximum atomic E-state index is 12.8. The molecule has 1 amide bonds. The van der Waals surface area contributed by atoms with Gasteiger partial charge in [-0.3, -0.25) is 4.79 Å². The number of amides is 1. The maximum Gasteiger partial charge on any atom is 0.264 e. The van der Waals surface area contributed by atoms with E-state index >= 15 is 0 Å². The first kappa shape index (κ1) is 14.9. The molecule has 2 aromatic heterocycles. The van der Waals surface area contributed by atoms with Crippen LogP contribution in [0.1, 0.15) is 28.3 Å². The molecule has 23 heavy (non-hydrogen) atoms. The molecule has 6 heteroatoms. The van der Waals surface area contributed by atoms with E-state index in [1.54, 1.807) is 0 Å². The summed E-state index contributed by atoms with van der Waals surface area (Å²) in [5, 5.41) is 1.97. The van der Waals surface area contributed by atoms with Gasteiger partial charge in [0.05, 0.1) is 11.4 Å². The number of carbonyl (C=O) groups is 1. The van der Waals surface area contributed by atoms with Gasteiger partial charge in [0, 0.05) is 37.9 Å². The van der Waals surface area contributed by atoms with Gasteiger partial charge in [-0.05, 0) is 37.4 Å². The van der Waals surface area contributed by atoms with Crippen LogP contribution in [-0.4, -0.2) is 51.4 Å². The summed E-state index contributed by atoms with van der Waals surface area (Å²) in [4.78, 5) is 22.6. The number of hydrogen-bond acceptors (Lipinski definition) is 4. The molecule has 2 aromatic rings. The number of hydrogen-bond donors (Lipinski definition) is 0. The van der Waals surface area contributed by atoms with Crippen LogP contribution in [0, 0.1) is 5.92 Å². The fourth-order valence-electron chi connectivity index (χ4n) is 3.70. The summed E-state index contributed by atoms with van der Waals surface area (Å²) in [5.74, 6) is 1.61. The molecule has 122 valence electrons. The molecule has 5 nitrogen and oxygen atoms in total. The summed E-state index contributed by atoms with van der Waals surface area (Å²) in [6, 6.07) is 3.86. The van der Waals surface area contributed by atoms with Gasteiger partial charge >= 0.3 is 0 Å². The molecule has 0 N–H and O–H groups in total. The zero-order valence-corrected chi connectivity index (χ0v) is 14.0. The number of fused-ring (bicyclic) bond motifs is 1. The van der Waals surface area contributed by atoms with Crippen LogP contribution in [0.15, 0.2) is 29.9 Å². The van der Waals surface area contributed by atoms with Crippen LogP contribution in [-0.2, 0) is 13.1 Å². The molecule has 1 saturated heterocycles. The van der Waals surface area contributed by atoms with Crippen molar-refractivity contribution in [2.24, 2.45) is 5.92 Å². The second-order valence-electron chi connectivity index (χ2n) is 6.53. The highest BCUT2D eigenvalue weighted by atomic mass is 32.1. The lowest BCUT2D eigenvalue weighted by Gasteiger charge is -2.27. The summed E-state index contributed by atoms with van der Waals surface area (Å²) in [7, 11) is 0. The van der Waals surface area contributed by atoms with Crippen molar-refractivity contribution in [3.63, 3.8) is 0 Å². The Bertz CT molecular complexity index is 660. The summed E-state index contributed by atoms with van der Waals surface area (Å²) < 4.78 is 2.22. The molecule has 0 spiro atoms. The molecular formula is C17H22N4OS. The molecule has 1 fully saturated rings. The number of carbonyl (C=O) groups excluding carboxylic acids is 1. The molecule has 0 saturated carbocycles.